The molecule has 0 heterocycles. The van der Waals surface area contributed by atoms with Gasteiger partial charge in [0.25, 0.3) is 0 Å². The van der Waals surface area contributed by atoms with Gasteiger partial charge in [0.15, 0.2) is 0 Å². The molecule has 0 saturated carbocycles. The molecule has 0 radical (unpaired) electrons. The number of hydrogen-bond donors (Lipinski definition) is 2. The molecule has 0 aliphatic rings. The molecule has 0 aromatic heterocycles. The van der Waals surface area contributed by atoms with Gasteiger partial charge in [0.1, 0.15) is 0 Å². The monoisotopic (exact) mass is 234 g/mol. The van der Waals surface area contributed by atoms with Crippen LogP contribution in [0.3, 0.4) is 0 Å². The van der Waals surface area contributed by atoms with Crippen LogP contribution in [0.5, 0.6) is 0 Å². The molecule has 1 atom stereocenters. The maximum Gasteiger partial charge on any atom is 0.0742 e. The Morgan fingerprint density at radius 1 is 1.00 bits per heavy atom. The molecular formula is C13H30O3. The smallest absolute Gasteiger partial charge is 0.0742 e. The predicted octanol–water partition coefficient (Wildman–Crippen LogP) is 2.74. The van der Waals surface area contributed by atoms with Gasteiger partial charge in [-0.1, -0.05) is 13.8 Å². The molecule has 0 bridgehead atoms. The lowest BCUT2D eigenvalue weighted by molar-refractivity contribution is -0.124. The largest absolute Gasteiger partial charge is 0.394 e. The second-order valence-electron chi connectivity index (χ2n) is 5.36. The van der Waals surface area contributed by atoms with Crippen LogP contribution in [-0.4, -0.2) is 34.1 Å². The summed E-state index contributed by atoms with van der Waals surface area (Å²) < 4.78 is 5.92. The fourth-order valence-electron chi connectivity index (χ4n) is 0.892. The van der Waals surface area contributed by atoms with Crippen molar-refractivity contribution in [3.8, 4) is 0 Å². The van der Waals surface area contributed by atoms with E-state index in [1.807, 2.05) is 0 Å². The molecule has 0 amide bonds. The van der Waals surface area contributed by atoms with Crippen LogP contribution in [0.1, 0.15) is 61.3 Å². The Balaban J connectivity index is 0. The van der Waals surface area contributed by atoms with E-state index in [9.17, 15) is 0 Å². The van der Waals surface area contributed by atoms with Crippen molar-refractivity contribution in [3.05, 3.63) is 0 Å². The topological polar surface area (TPSA) is 49.7 Å². The third-order valence-corrected chi connectivity index (χ3v) is 2.52. The lowest BCUT2D eigenvalue weighted by atomic mass is 10.0. The van der Waals surface area contributed by atoms with Crippen molar-refractivity contribution in [1.29, 1.82) is 0 Å². The third kappa shape index (κ3) is 12.0. The molecule has 0 aromatic carbocycles. The molecule has 3 heteroatoms. The van der Waals surface area contributed by atoms with E-state index in [1.165, 1.54) is 6.92 Å². The first-order valence-electron chi connectivity index (χ1n) is 6.09. The molecule has 16 heavy (non-hydrogen) atoms. The van der Waals surface area contributed by atoms with E-state index in [0.717, 1.165) is 12.8 Å². The van der Waals surface area contributed by atoms with Crippen LogP contribution in [0, 0.1) is 0 Å². The Morgan fingerprint density at radius 3 is 1.38 bits per heavy atom. The Bertz CT molecular complexity index is 149. The van der Waals surface area contributed by atoms with Gasteiger partial charge in [-0.05, 0) is 47.5 Å². The van der Waals surface area contributed by atoms with Crippen LogP contribution in [0.25, 0.3) is 0 Å². The minimum Gasteiger partial charge on any atom is -0.394 e. The van der Waals surface area contributed by atoms with Crippen LogP contribution in [0.15, 0.2) is 0 Å². The molecule has 0 aromatic rings. The highest BCUT2D eigenvalue weighted by Crippen LogP contribution is 2.24. The van der Waals surface area contributed by atoms with Gasteiger partial charge in [-0.3, -0.25) is 0 Å². The lowest BCUT2D eigenvalue weighted by Crippen LogP contribution is -2.35. The average molecular weight is 234 g/mol. The van der Waals surface area contributed by atoms with E-state index in [2.05, 4.69) is 41.5 Å². The van der Waals surface area contributed by atoms with E-state index >= 15 is 0 Å². The number of rotatable bonds is 5. The van der Waals surface area contributed by atoms with E-state index in [4.69, 9.17) is 14.9 Å². The Hall–Kier alpha value is -0.120. The minimum absolute atomic E-state index is 0.0273. The molecule has 0 fully saturated rings. The zero-order valence-electron chi connectivity index (χ0n) is 12.0. The summed E-state index contributed by atoms with van der Waals surface area (Å²) in [6, 6.07) is 0. The Labute approximate surface area is 101 Å². The molecule has 0 aliphatic heterocycles. The quantitative estimate of drug-likeness (QED) is 0.769. The predicted molar refractivity (Wildman–Crippen MR) is 68.6 cm³/mol. The second kappa shape index (κ2) is 8.04. The summed E-state index contributed by atoms with van der Waals surface area (Å²) in [4.78, 5) is 0. The van der Waals surface area contributed by atoms with E-state index in [-0.39, 0.29) is 17.8 Å². The standard InChI is InChI=1S/C10H22O.C3H8O2/c1-7-9(3,4)11-10(5,6)8-2;1-3(5)2-4/h7-8H2,1-6H3;3-5H,2H2,1H3. The van der Waals surface area contributed by atoms with E-state index < -0.39 is 6.10 Å². The van der Waals surface area contributed by atoms with Gasteiger partial charge in [0, 0.05) is 0 Å². The highest BCUT2D eigenvalue weighted by molar-refractivity contribution is 4.74. The number of aliphatic hydroxyl groups excluding tert-OH is 2. The highest BCUT2D eigenvalue weighted by atomic mass is 16.5. The van der Waals surface area contributed by atoms with Crippen molar-refractivity contribution < 1.29 is 14.9 Å². The van der Waals surface area contributed by atoms with Crippen molar-refractivity contribution in [3.63, 3.8) is 0 Å². The minimum atomic E-state index is -0.560. The van der Waals surface area contributed by atoms with Gasteiger partial charge < -0.3 is 14.9 Å². The molecule has 0 aliphatic carbocycles. The highest BCUT2D eigenvalue weighted by Gasteiger charge is 2.25. The summed E-state index contributed by atoms with van der Waals surface area (Å²) in [6.45, 7) is 14.3. The summed E-state index contributed by atoms with van der Waals surface area (Å²) in [6.07, 6.45) is 1.57. The fraction of sp³-hybridized carbons (Fsp3) is 1.00. The maximum absolute atomic E-state index is 8.11. The van der Waals surface area contributed by atoms with Gasteiger partial charge in [-0.15, -0.1) is 0 Å². The molecule has 100 valence electrons. The summed E-state index contributed by atoms with van der Waals surface area (Å²) in [7, 11) is 0. The lowest BCUT2D eigenvalue weighted by Gasteiger charge is -2.34. The summed E-state index contributed by atoms with van der Waals surface area (Å²) in [5, 5.41) is 16.0. The van der Waals surface area contributed by atoms with Crippen LogP contribution in [0.2, 0.25) is 0 Å². The number of hydrogen-bond acceptors (Lipinski definition) is 3. The van der Waals surface area contributed by atoms with Crippen LogP contribution < -0.4 is 0 Å². The summed E-state index contributed by atoms with van der Waals surface area (Å²) in [5.74, 6) is 0. The molecular weight excluding hydrogens is 204 g/mol. The van der Waals surface area contributed by atoms with Crippen LogP contribution in [-0.2, 0) is 4.74 Å². The van der Waals surface area contributed by atoms with Crippen molar-refractivity contribution in [2.24, 2.45) is 0 Å². The van der Waals surface area contributed by atoms with E-state index in [0.29, 0.717) is 0 Å². The van der Waals surface area contributed by atoms with Crippen molar-refractivity contribution in [2.45, 2.75) is 78.6 Å². The molecule has 3 nitrogen and oxygen atoms in total. The van der Waals surface area contributed by atoms with Crippen LogP contribution in [0.4, 0.5) is 0 Å². The fourth-order valence-corrected chi connectivity index (χ4v) is 0.892. The normalized spacial score (nSPS) is 14.1. The third-order valence-electron chi connectivity index (χ3n) is 2.52. The van der Waals surface area contributed by atoms with E-state index in [1.54, 1.807) is 0 Å². The SMILES string of the molecule is CC(O)CO.CCC(C)(C)OC(C)(C)CC. The molecule has 0 rings (SSSR count). The zero-order valence-corrected chi connectivity index (χ0v) is 12.0. The first-order valence-corrected chi connectivity index (χ1v) is 6.09. The number of aliphatic hydroxyl groups is 2. The van der Waals surface area contributed by atoms with Crippen molar-refractivity contribution in [1.82, 2.24) is 0 Å². The van der Waals surface area contributed by atoms with Gasteiger partial charge in [-0.25, -0.2) is 0 Å². The van der Waals surface area contributed by atoms with Gasteiger partial charge in [0.2, 0.25) is 0 Å². The molecule has 1 unspecified atom stereocenters. The van der Waals surface area contributed by atoms with Crippen molar-refractivity contribution >= 4 is 0 Å². The van der Waals surface area contributed by atoms with Gasteiger partial charge in [-0.2, -0.15) is 0 Å². The summed E-state index contributed by atoms with van der Waals surface area (Å²) >= 11 is 0. The van der Waals surface area contributed by atoms with Gasteiger partial charge >= 0.3 is 0 Å². The first-order chi connectivity index (χ1) is 7.10. The molecule has 0 spiro atoms. The maximum atomic E-state index is 8.11. The summed E-state index contributed by atoms with van der Waals surface area (Å²) in [5.41, 5.74) is 0.0546. The van der Waals surface area contributed by atoms with Crippen LogP contribution >= 0.6 is 0 Å². The van der Waals surface area contributed by atoms with Gasteiger partial charge in [0.05, 0.1) is 23.9 Å². The second-order valence-corrected chi connectivity index (χ2v) is 5.36. The zero-order chi connectivity index (χ0) is 13.4. The first kappa shape index (κ1) is 18.3. The van der Waals surface area contributed by atoms with Crippen molar-refractivity contribution in [2.75, 3.05) is 6.61 Å². The molecule has 0 saturated heterocycles. The Morgan fingerprint density at radius 2 is 1.25 bits per heavy atom. The number of ether oxygens (including phenoxy) is 1. The molecule has 2 N–H and O–H groups in total. The average Bonchev–Trinajstić information content (AvgIpc) is 2.17. The Kier molecular flexibility index (Phi) is 9.17.